The highest BCUT2D eigenvalue weighted by molar-refractivity contribution is 5.75. The van der Waals surface area contributed by atoms with Crippen molar-refractivity contribution in [2.45, 2.75) is 37.8 Å². The van der Waals surface area contributed by atoms with Crippen molar-refractivity contribution in [3.63, 3.8) is 0 Å². The maximum Gasteiger partial charge on any atom is 0.185 e. The first-order valence-electron chi connectivity index (χ1n) is 12.4. The summed E-state index contributed by atoms with van der Waals surface area (Å²) in [5, 5.41) is 16.8. The van der Waals surface area contributed by atoms with Gasteiger partial charge in [0.05, 0.1) is 24.5 Å². The molecule has 4 aliphatic heterocycles. The molecule has 0 radical (unpaired) electrons. The van der Waals surface area contributed by atoms with Crippen molar-refractivity contribution in [1.29, 1.82) is 5.26 Å². The number of nitriles is 1. The second kappa shape index (κ2) is 9.02. The van der Waals surface area contributed by atoms with Crippen molar-refractivity contribution in [3.8, 4) is 11.8 Å². The lowest BCUT2D eigenvalue weighted by Crippen LogP contribution is -2.58. The molecule has 2 aromatic rings. The van der Waals surface area contributed by atoms with Crippen LogP contribution >= 0.6 is 0 Å². The first-order chi connectivity index (χ1) is 16.7. The van der Waals surface area contributed by atoms with Crippen molar-refractivity contribution >= 4 is 17.2 Å². The molecule has 0 aromatic carbocycles. The second-order valence-corrected chi connectivity index (χ2v) is 9.58. The van der Waals surface area contributed by atoms with E-state index in [0.29, 0.717) is 36.6 Å². The van der Waals surface area contributed by atoms with Gasteiger partial charge in [-0.25, -0.2) is 9.97 Å². The van der Waals surface area contributed by atoms with Crippen LogP contribution in [0.15, 0.2) is 18.3 Å². The first-order valence-corrected chi connectivity index (χ1v) is 12.4. The van der Waals surface area contributed by atoms with E-state index in [2.05, 4.69) is 37.6 Å². The van der Waals surface area contributed by atoms with Gasteiger partial charge in [0, 0.05) is 55.7 Å². The van der Waals surface area contributed by atoms with Gasteiger partial charge in [-0.1, -0.05) is 0 Å². The molecule has 1 atom stereocenters. The molecule has 1 unspecified atom stereocenters. The van der Waals surface area contributed by atoms with Gasteiger partial charge in [-0.3, -0.25) is 4.90 Å². The Hall–Kier alpha value is -2.93. The quantitative estimate of drug-likeness (QED) is 0.714. The average molecular weight is 462 g/mol. The zero-order chi connectivity index (χ0) is 23.1. The Morgan fingerprint density at radius 2 is 1.94 bits per heavy atom. The summed E-state index contributed by atoms with van der Waals surface area (Å²) in [6.07, 6.45) is 3.68. The fraction of sp³-hybridized carbons (Fsp3) is 0.560. The topological polar surface area (TPSA) is 98.6 Å². The molecule has 3 saturated heterocycles. The molecular formula is C25H31N7O2. The Kier molecular flexibility index (Phi) is 5.73. The Morgan fingerprint density at radius 1 is 1.15 bits per heavy atom. The molecule has 178 valence electrons. The lowest BCUT2D eigenvalue weighted by Gasteiger charge is -2.42. The lowest BCUT2D eigenvalue weighted by atomic mass is 9.91. The summed E-state index contributed by atoms with van der Waals surface area (Å²) in [6.45, 7) is 9.45. The van der Waals surface area contributed by atoms with E-state index >= 15 is 0 Å². The molecule has 2 aromatic heterocycles. The normalized spacial score (nSPS) is 23.5. The molecule has 0 saturated carbocycles. The van der Waals surface area contributed by atoms with Crippen molar-refractivity contribution in [2.75, 3.05) is 62.7 Å². The summed E-state index contributed by atoms with van der Waals surface area (Å²) in [5.74, 6) is 1.64. The summed E-state index contributed by atoms with van der Waals surface area (Å²) < 4.78 is 11.9. The summed E-state index contributed by atoms with van der Waals surface area (Å²) >= 11 is 0. The number of hydrogen-bond acceptors (Lipinski definition) is 9. The van der Waals surface area contributed by atoms with Crippen LogP contribution in [0.2, 0.25) is 0 Å². The molecule has 9 nitrogen and oxygen atoms in total. The minimum absolute atomic E-state index is 0.269. The number of hydrogen-bond donors (Lipinski definition) is 2. The minimum Gasteiger partial charge on any atom is -0.481 e. The summed E-state index contributed by atoms with van der Waals surface area (Å²) in [7, 11) is 0. The van der Waals surface area contributed by atoms with Gasteiger partial charge in [0.1, 0.15) is 18.0 Å². The van der Waals surface area contributed by atoms with Gasteiger partial charge in [-0.15, -0.1) is 0 Å². The van der Waals surface area contributed by atoms with Crippen molar-refractivity contribution in [1.82, 2.24) is 20.2 Å². The monoisotopic (exact) mass is 461 g/mol. The summed E-state index contributed by atoms with van der Waals surface area (Å²) in [4.78, 5) is 14.3. The van der Waals surface area contributed by atoms with E-state index in [1.807, 2.05) is 19.2 Å². The van der Waals surface area contributed by atoms with Crippen molar-refractivity contribution < 1.29 is 9.47 Å². The van der Waals surface area contributed by atoms with Crippen LogP contribution in [0.3, 0.4) is 0 Å². The van der Waals surface area contributed by atoms with Crippen molar-refractivity contribution in [3.05, 3.63) is 35.3 Å². The minimum atomic E-state index is -0.269. The highest BCUT2D eigenvalue weighted by Crippen LogP contribution is 2.44. The lowest BCUT2D eigenvalue weighted by molar-refractivity contribution is 0.112. The zero-order valence-electron chi connectivity index (χ0n) is 19.6. The molecule has 0 spiro atoms. The number of nitrogens with one attached hydrogen (secondary N) is 2. The highest BCUT2D eigenvalue weighted by Gasteiger charge is 2.32. The van der Waals surface area contributed by atoms with Gasteiger partial charge in [-0.2, -0.15) is 5.26 Å². The standard InChI is InChI=1S/C25H31N7O2/c1-16-23-22(32-8-10-33-11-9-32)2-5-28-25(23)30-20-12-19(29-21(13-26)24(20)34-16)17-3-6-31(7-4-17)18-14-27-15-18/h2,5,12,16-18,27H,3-4,6-11,14-15H2,1H3,(H,28,30). The van der Waals surface area contributed by atoms with Crippen LogP contribution in [-0.2, 0) is 4.74 Å². The molecule has 6 heterocycles. The van der Waals surface area contributed by atoms with Crippen LogP contribution in [0.25, 0.3) is 0 Å². The number of fused-ring (bicyclic) bond motifs is 2. The number of anilines is 3. The molecule has 4 aliphatic rings. The molecule has 0 aliphatic carbocycles. The number of nitrogens with zero attached hydrogens (tertiary/aromatic N) is 5. The van der Waals surface area contributed by atoms with Crippen molar-refractivity contribution in [2.24, 2.45) is 0 Å². The van der Waals surface area contributed by atoms with Gasteiger partial charge in [0.2, 0.25) is 0 Å². The van der Waals surface area contributed by atoms with Crippen LogP contribution in [0.4, 0.5) is 17.2 Å². The Labute approximate surface area is 200 Å². The average Bonchev–Trinajstić information content (AvgIpc) is 2.99. The largest absolute Gasteiger partial charge is 0.481 e. The number of likely N-dealkylation sites (tertiary alicyclic amines) is 1. The third kappa shape index (κ3) is 3.86. The molecular weight excluding hydrogens is 430 g/mol. The Balaban J connectivity index is 1.31. The van der Waals surface area contributed by atoms with Crippen LogP contribution in [0, 0.1) is 11.3 Å². The van der Waals surface area contributed by atoms with E-state index in [4.69, 9.17) is 14.5 Å². The number of ether oxygens (including phenoxy) is 2. The number of piperidine rings is 1. The van der Waals surface area contributed by atoms with Crippen LogP contribution in [-0.4, -0.2) is 73.4 Å². The number of morpholine rings is 1. The predicted molar refractivity (Wildman–Crippen MR) is 129 cm³/mol. The van der Waals surface area contributed by atoms with E-state index < -0.39 is 0 Å². The zero-order valence-corrected chi connectivity index (χ0v) is 19.6. The third-order valence-electron chi connectivity index (χ3n) is 7.60. The SMILES string of the molecule is CC1Oc2c(cc(C3CCN(C4CNC4)CC3)nc2C#N)Nc2nccc(N3CCOCC3)c21. The maximum atomic E-state index is 9.95. The molecule has 3 fully saturated rings. The summed E-state index contributed by atoms with van der Waals surface area (Å²) in [6, 6.07) is 7.09. The molecule has 6 rings (SSSR count). The van der Waals surface area contributed by atoms with Crippen LogP contribution in [0.5, 0.6) is 5.75 Å². The smallest absolute Gasteiger partial charge is 0.185 e. The van der Waals surface area contributed by atoms with Crippen LogP contribution in [0.1, 0.15) is 48.7 Å². The third-order valence-corrected chi connectivity index (χ3v) is 7.60. The Morgan fingerprint density at radius 3 is 2.65 bits per heavy atom. The van der Waals surface area contributed by atoms with Gasteiger partial charge >= 0.3 is 0 Å². The predicted octanol–water partition coefficient (Wildman–Crippen LogP) is 2.53. The first kappa shape index (κ1) is 21.6. The fourth-order valence-corrected chi connectivity index (χ4v) is 5.55. The molecule has 0 bridgehead atoms. The number of pyridine rings is 2. The molecule has 34 heavy (non-hydrogen) atoms. The van der Waals surface area contributed by atoms with Gasteiger partial charge < -0.3 is 25.0 Å². The van der Waals surface area contributed by atoms with Crippen LogP contribution < -0.4 is 20.3 Å². The molecule has 2 N–H and O–H groups in total. The Bertz CT molecular complexity index is 1100. The second-order valence-electron chi connectivity index (χ2n) is 9.58. The van der Waals surface area contributed by atoms with E-state index in [1.165, 1.54) is 0 Å². The number of aromatic nitrogens is 2. The van der Waals surface area contributed by atoms with Gasteiger partial charge in [-0.05, 0) is 45.0 Å². The number of rotatable bonds is 3. The highest BCUT2D eigenvalue weighted by atomic mass is 16.5. The summed E-state index contributed by atoms with van der Waals surface area (Å²) in [5.41, 5.74) is 4.21. The maximum absolute atomic E-state index is 9.95. The van der Waals surface area contributed by atoms with E-state index in [-0.39, 0.29) is 6.10 Å². The van der Waals surface area contributed by atoms with E-state index in [0.717, 1.165) is 80.6 Å². The molecule has 0 amide bonds. The molecule has 9 heteroatoms. The van der Waals surface area contributed by atoms with E-state index in [9.17, 15) is 5.26 Å². The van der Waals surface area contributed by atoms with Gasteiger partial charge in [0.25, 0.3) is 0 Å². The van der Waals surface area contributed by atoms with E-state index in [1.54, 1.807) is 0 Å². The van der Waals surface area contributed by atoms with Gasteiger partial charge in [0.15, 0.2) is 11.4 Å². The fourth-order valence-electron chi connectivity index (χ4n) is 5.55.